The maximum Gasteiger partial charge on any atom is 0.258 e. The Balaban J connectivity index is 2.22. The Labute approximate surface area is 124 Å². The molecule has 4 N–H and O–H groups in total. The van der Waals surface area contributed by atoms with Crippen LogP contribution < -0.4 is 16.6 Å². The van der Waals surface area contributed by atoms with E-state index in [0.29, 0.717) is 16.6 Å². The van der Waals surface area contributed by atoms with Crippen molar-refractivity contribution in [3.8, 4) is 0 Å². The van der Waals surface area contributed by atoms with Crippen LogP contribution in [0, 0.1) is 0 Å². The smallest absolute Gasteiger partial charge is 0.258 e. The van der Waals surface area contributed by atoms with Crippen molar-refractivity contribution in [1.82, 2.24) is 14.9 Å². The molecule has 114 valence electrons. The molecule has 1 aromatic carbocycles. The largest absolute Gasteiger partial charge is 0.397 e. The second-order valence-corrected chi connectivity index (χ2v) is 5.22. The van der Waals surface area contributed by atoms with E-state index < -0.39 is 0 Å². The molecular formula is C15H23N5O. The zero-order valence-electron chi connectivity index (χ0n) is 12.8. The van der Waals surface area contributed by atoms with Gasteiger partial charge in [-0.25, -0.2) is 4.98 Å². The molecule has 6 heteroatoms. The molecule has 0 fully saturated rings. The van der Waals surface area contributed by atoms with Gasteiger partial charge >= 0.3 is 0 Å². The highest BCUT2D eigenvalue weighted by molar-refractivity contribution is 5.88. The maximum atomic E-state index is 11.7. The van der Waals surface area contributed by atoms with Gasteiger partial charge in [0.15, 0.2) is 0 Å². The number of aromatic amines is 1. The number of H-pyrrole nitrogens is 1. The number of aromatic nitrogens is 2. The number of fused-ring (bicyclic) bond motifs is 1. The van der Waals surface area contributed by atoms with E-state index in [1.807, 2.05) is 6.07 Å². The number of nitrogen functional groups attached to an aromatic ring is 1. The molecule has 6 nitrogen and oxygen atoms in total. The second-order valence-electron chi connectivity index (χ2n) is 5.22. The van der Waals surface area contributed by atoms with Crippen LogP contribution in [0.15, 0.2) is 23.3 Å². The Morgan fingerprint density at radius 3 is 2.76 bits per heavy atom. The molecule has 2 aromatic rings. The van der Waals surface area contributed by atoms with Crippen molar-refractivity contribution in [3.05, 3.63) is 28.8 Å². The highest BCUT2D eigenvalue weighted by Gasteiger charge is 2.10. The normalized spacial score (nSPS) is 12.8. The summed E-state index contributed by atoms with van der Waals surface area (Å²) in [6.45, 7) is 9.40. The van der Waals surface area contributed by atoms with Crippen molar-refractivity contribution in [2.75, 3.05) is 30.7 Å². The predicted molar refractivity (Wildman–Crippen MR) is 87.6 cm³/mol. The van der Waals surface area contributed by atoms with Crippen LogP contribution in [0.1, 0.15) is 20.8 Å². The predicted octanol–water partition coefficient (Wildman–Crippen LogP) is 1.65. The van der Waals surface area contributed by atoms with Gasteiger partial charge in [-0.15, -0.1) is 0 Å². The van der Waals surface area contributed by atoms with Crippen molar-refractivity contribution in [3.63, 3.8) is 0 Å². The van der Waals surface area contributed by atoms with Gasteiger partial charge in [0.05, 0.1) is 28.6 Å². The number of likely N-dealkylation sites (N-methyl/N-ethyl adjacent to an activating group) is 1. The zero-order chi connectivity index (χ0) is 15.4. The van der Waals surface area contributed by atoms with Crippen molar-refractivity contribution < 1.29 is 0 Å². The van der Waals surface area contributed by atoms with E-state index in [1.54, 1.807) is 6.07 Å². The molecule has 0 saturated heterocycles. The molecule has 0 aliphatic rings. The topological polar surface area (TPSA) is 87.0 Å². The third-order valence-corrected chi connectivity index (χ3v) is 3.64. The van der Waals surface area contributed by atoms with Crippen molar-refractivity contribution in [2.45, 2.75) is 26.8 Å². The molecule has 0 aliphatic heterocycles. The number of rotatable bonds is 6. The fourth-order valence-electron chi connectivity index (χ4n) is 2.44. The average molecular weight is 289 g/mol. The lowest BCUT2D eigenvalue weighted by atomic mass is 10.1. The average Bonchev–Trinajstić information content (AvgIpc) is 2.46. The van der Waals surface area contributed by atoms with E-state index in [0.717, 1.165) is 25.3 Å². The first-order valence-electron chi connectivity index (χ1n) is 7.31. The Kier molecular flexibility index (Phi) is 4.80. The van der Waals surface area contributed by atoms with E-state index in [2.05, 4.69) is 41.0 Å². The number of hydrogen-bond donors (Lipinski definition) is 3. The number of nitrogens with zero attached hydrogens (tertiary/aromatic N) is 2. The summed E-state index contributed by atoms with van der Waals surface area (Å²) >= 11 is 0. The Morgan fingerprint density at radius 2 is 2.10 bits per heavy atom. The molecule has 2 rings (SSSR count). The first kappa shape index (κ1) is 15.3. The van der Waals surface area contributed by atoms with E-state index >= 15 is 0 Å². The van der Waals surface area contributed by atoms with Gasteiger partial charge in [-0.05, 0) is 32.1 Å². The standard InChI is InChI=1S/C15H23N5O/c1-4-20(5-2)8-10(3)19-14-7-13-11(6-12(14)16)15(21)18-9-17-13/h6-7,9-10,19H,4-5,8,16H2,1-3H3,(H,17,18,21). The summed E-state index contributed by atoms with van der Waals surface area (Å²) in [6, 6.07) is 3.76. The summed E-state index contributed by atoms with van der Waals surface area (Å²) < 4.78 is 0. The Hall–Kier alpha value is -2.08. The maximum absolute atomic E-state index is 11.7. The van der Waals surface area contributed by atoms with E-state index in [4.69, 9.17) is 5.73 Å². The Morgan fingerprint density at radius 1 is 1.38 bits per heavy atom. The van der Waals surface area contributed by atoms with Crippen LogP contribution in [0.3, 0.4) is 0 Å². The molecule has 0 amide bonds. The lowest BCUT2D eigenvalue weighted by molar-refractivity contribution is 0.295. The minimum Gasteiger partial charge on any atom is -0.397 e. The van der Waals surface area contributed by atoms with Gasteiger partial charge in [0, 0.05) is 12.6 Å². The summed E-state index contributed by atoms with van der Waals surface area (Å²) in [5, 5.41) is 3.91. The van der Waals surface area contributed by atoms with E-state index in [1.165, 1.54) is 6.33 Å². The number of nitrogens with one attached hydrogen (secondary N) is 2. The van der Waals surface area contributed by atoms with Gasteiger partial charge in [0.2, 0.25) is 0 Å². The fraction of sp³-hybridized carbons (Fsp3) is 0.467. The summed E-state index contributed by atoms with van der Waals surface area (Å²) in [5.41, 5.74) is 7.90. The van der Waals surface area contributed by atoms with Crippen LogP contribution in [0.4, 0.5) is 11.4 Å². The van der Waals surface area contributed by atoms with E-state index in [-0.39, 0.29) is 11.6 Å². The summed E-state index contributed by atoms with van der Waals surface area (Å²) in [5.74, 6) is 0. The van der Waals surface area contributed by atoms with Crippen molar-refractivity contribution in [2.24, 2.45) is 0 Å². The van der Waals surface area contributed by atoms with Crippen LogP contribution >= 0.6 is 0 Å². The highest BCUT2D eigenvalue weighted by atomic mass is 16.1. The molecule has 0 radical (unpaired) electrons. The molecule has 0 aliphatic carbocycles. The summed E-state index contributed by atoms with van der Waals surface area (Å²) in [7, 11) is 0. The van der Waals surface area contributed by atoms with Gasteiger partial charge < -0.3 is 20.9 Å². The molecule has 1 aromatic heterocycles. The molecule has 0 spiro atoms. The third kappa shape index (κ3) is 3.52. The summed E-state index contributed by atoms with van der Waals surface area (Å²) in [4.78, 5) is 20.8. The SMILES string of the molecule is CCN(CC)CC(C)Nc1cc2nc[nH]c(=O)c2cc1N. The minimum absolute atomic E-state index is 0.172. The monoisotopic (exact) mass is 289 g/mol. The van der Waals surface area contributed by atoms with Gasteiger partial charge in [0.1, 0.15) is 0 Å². The number of anilines is 2. The molecule has 0 bridgehead atoms. The molecular weight excluding hydrogens is 266 g/mol. The highest BCUT2D eigenvalue weighted by Crippen LogP contribution is 2.23. The fourth-order valence-corrected chi connectivity index (χ4v) is 2.44. The van der Waals surface area contributed by atoms with Crippen molar-refractivity contribution in [1.29, 1.82) is 0 Å². The third-order valence-electron chi connectivity index (χ3n) is 3.64. The van der Waals surface area contributed by atoms with Crippen molar-refractivity contribution >= 4 is 22.3 Å². The lowest BCUT2D eigenvalue weighted by Gasteiger charge is -2.24. The number of hydrogen-bond acceptors (Lipinski definition) is 5. The van der Waals surface area contributed by atoms with Crippen LogP contribution in [0.2, 0.25) is 0 Å². The molecule has 0 saturated carbocycles. The van der Waals surface area contributed by atoms with Gasteiger partial charge in [-0.1, -0.05) is 13.8 Å². The number of nitrogens with two attached hydrogens (primary N) is 1. The van der Waals surface area contributed by atoms with Crippen LogP contribution in [0.25, 0.3) is 10.9 Å². The molecule has 1 atom stereocenters. The van der Waals surface area contributed by atoms with Gasteiger partial charge in [-0.2, -0.15) is 0 Å². The zero-order valence-corrected chi connectivity index (χ0v) is 12.8. The van der Waals surface area contributed by atoms with E-state index in [9.17, 15) is 4.79 Å². The van der Waals surface area contributed by atoms with Crippen LogP contribution in [0.5, 0.6) is 0 Å². The summed E-state index contributed by atoms with van der Waals surface area (Å²) in [6.07, 6.45) is 1.41. The van der Waals surface area contributed by atoms with Gasteiger partial charge in [0.25, 0.3) is 5.56 Å². The first-order valence-corrected chi connectivity index (χ1v) is 7.31. The van der Waals surface area contributed by atoms with Gasteiger partial charge in [-0.3, -0.25) is 4.79 Å². The number of benzene rings is 1. The Bertz CT molecular complexity index is 663. The lowest BCUT2D eigenvalue weighted by Crippen LogP contribution is -2.34. The van der Waals surface area contributed by atoms with Crippen LogP contribution in [-0.2, 0) is 0 Å². The quantitative estimate of drug-likeness (QED) is 0.704. The molecule has 21 heavy (non-hydrogen) atoms. The molecule has 1 heterocycles. The second kappa shape index (κ2) is 6.58. The van der Waals surface area contributed by atoms with Crippen LogP contribution in [-0.4, -0.2) is 40.5 Å². The minimum atomic E-state index is -0.172. The first-order chi connectivity index (χ1) is 10.0. The molecule has 1 unspecified atom stereocenters.